The van der Waals surface area contributed by atoms with Gasteiger partial charge in [-0.1, -0.05) is 41.5 Å². The summed E-state index contributed by atoms with van der Waals surface area (Å²) in [5.41, 5.74) is 1.90. The zero-order valence-corrected chi connectivity index (χ0v) is 13.7. The molecular formula is C14H29NO2Si. The highest BCUT2D eigenvalue weighted by atomic mass is 28.4. The molecule has 0 aliphatic carbocycles. The Morgan fingerprint density at radius 1 is 1.17 bits per heavy atom. The van der Waals surface area contributed by atoms with Gasteiger partial charge < -0.3 is 9.74 Å². The molecule has 0 aromatic carbocycles. The summed E-state index contributed by atoms with van der Waals surface area (Å²) in [7, 11) is -1.71. The first-order valence-corrected chi connectivity index (χ1v) is 9.38. The third kappa shape index (κ3) is 3.15. The van der Waals surface area contributed by atoms with Gasteiger partial charge in [0.1, 0.15) is 0 Å². The van der Waals surface area contributed by atoms with Crippen molar-refractivity contribution in [2.24, 2.45) is 0 Å². The number of nitrogens with one attached hydrogen (secondary N) is 1. The molecule has 0 bridgehead atoms. The standard InChI is InChI=1S/C14H29NO2Si/c1-10(2)18(11(3)4,12(5)6)17-8-7-13-9-14(16)15-13/h10-13H,7-9H2,1-6H3,(H,15,16). The van der Waals surface area contributed by atoms with Crippen molar-refractivity contribution in [1.82, 2.24) is 5.32 Å². The minimum Gasteiger partial charge on any atom is -0.416 e. The number of hydrogen-bond acceptors (Lipinski definition) is 2. The van der Waals surface area contributed by atoms with E-state index in [1.54, 1.807) is 0 Å². The van der Waals surface area contributed by atoms with Crippen LogP contribution in [0, 0.1) is 0 Å². The molecule has 0 aromatic rings. The van der Waals surface area contributed by atoms with Crippen LogP contribution in [-0.2, 0) is 9.22 Å². The maximum atomic E-state index is 10.9. The summed E-state index contributed by atoms with van der Waals surface area (Å²) in [6.07, 6.45) is 1.65. The molecule has 1 aliphatic heterocycles. The zero-order valence-electron chi connectivity index (χ0n) is 12.7. The third-order valence-corrected chi connectivity index (χ3v) is 10.4. The lowest BCUT2D eigenvalue weighted by Gasteiger charge is -2.42. The monoisotopic (exact) mass is 271 g/mol. The first-order valence-electron chi connectivity index (χ1n) is 7.24. The lowest BCUT2D eigenvalue weighted by atomic mass is 10.0. The van der Waals surface area contributed by atoms with Crippen molar-refractivity contribution >= 4 is 14.2 Å². The van der Waals surface area contributed by atoms with Crippen molar-refractivity contribution in [2.75, 3.05) is 6.61 Å². The summed E-state index contributed by atoms with van der Waals surface area (Å²) in [5.74, 6) is 0.181. The minimum atomic E-state index is -1.71. The van der Waals surface area contributed by atoms with Crippen LogP contribution in [0.2, 0.25) is 16.6 Å². The highest BCUT2D eigenvalue weighted by Gasteiger charge is 2.45. The van der Waals surface area contributed by atoms with Gasteiger partial charge in [0.15, 0.2) is 8.32 Å². The topological polar surface area (TPSA) is 38.3 Å². The highest BCUT2D eigenvalue weighted by Crippen LogP contribution is 2.42. The van der Waals surface area contributed by atoms with Crippen LogP contribution in [-0.4, -0.2) is 26.9 Å². The summed E-state index contributed by atoms with van der Waals surface area (Å²) in [6, 6.07) is 0.357. The van der Waals surface area contributed by atoms with E-state index in [1.807, 2.05) is 0 Å². The normalized spacial score (nSPS) is 20.5. The molecule has 4 heteroatoms. The zero-order chi connectivity index (χ0) is 13.9. The molecule has 0 radical (unpaired) electrons. The molecule has 1 unspecified atom stereocenters. The van der Waals surface area contributed by atoms with E-state index in [9.17, 15) is 4.79 Å². The predicted octanol–water partition coefficient (Wildman–Crippen LogP) is 3.46. The molecule has 1 heterocycles. The molecule has 1 atom stereocenters. The molecule has 1 aliphatic rings. The SMILES string of the molecule is CC(C)[Si](OCCC1CC(=O)N1)(C(C)C)C(C)C. The van der Waals surface area contributed by atoms with E-state index in [2.05, 4.69) is 46.9 Å². The Labute approximate surface area is 113 Å². The van der Waals surface area contributed by atoms with Crippen LogP contribution in [0.1, 0.15) is 54.4 Å². The average Bonchev–Trinajstić information content (AvgIpc) is 2.19. The Morgan fingerprint density at radius 2 is 1.61 bits per heavy atom. The van der Waals surface area contributed by atoms with Crippen LogP contribution in [0.15, 0.2) is 0 Å². The smallest absolute Gasteiger partial charge is 0.222 e. The van der Waals surface area contributed by atoms with Crippen LogP contribution >= 0.6 is 0 Å². The number of carbonyl (C=O) groups excluding carboxylic acids is 1. The predicted molar refractivity (Wildman–Crippen MR) is 78.2 cm³/mol. The summed E-state index contributed by atoms with van der Waals surface area (Å²) in [4.78, 5) is 10.9. The molecular weight excluding hydrogens is 242 g/mol. The fourth-order valence-corrected chi connectivity index (χ4v) is 8.95. The molecule has 106 valence electrons. The molecule has 1 rings (SSSR count). The van der Waals surface area contributed by atoms with Crippen molar-refractivity contribution in [3.63, 3.8) is 0 Å². The Morgan fingerprint density at radius 3 is 1.94 bits per heavy atom. The lowest BCUT2D eigenvalue weighted by molar-refractivity contribution is -0.128. The molecule has 1 N–H and O–H groups in total. The summed E-state index contributed by atoms with van der Waals surface area (Å²) >= 11 is 0. The number of amides is 1. The second kappa shape index (κ2) is 6.20. The van der Waals surface area contributed by atoms with Crippen LogP contribution in [0.3, 0.4) is 0 Å². The summed E-state index contributed by atoms with van der Waals surface area (Å²) in [5, 5.41) is 2.91. The Balaban J connectivity index is 2.53. The minimum absolute atomic E-state index is 0.181. The number of rotatable bonds is 7. The maximum absolute atomic E-state index is 10.9. The second-order valence-electron chi connectivity index (χ2n) is 6.42. The van der Waals surface area contributed by atoms with E-state index in [4.69, 9.17) is 4.43 Å². The van der Waals surface area contributed by atoms with Gasteiger partial charge >= 0.3 is 0 Å². The van der Waals surface area contributed by atoms with Gasteiger partial charge in [-0.2, -0.15) is 0 Å². The highest BCUT2D eigenvalue weighted by molar-refractivity contribution is 6.77. The van der Waals surface area contributed by atoms with Crippen LogP contribution < -0.4 is 5.32 Å². The van der Waals surface area contributed by atoms with Gasteiger partial charge in [-0.05, 0) is 23.0 Å². The quantitative estimate of drug-likeness (QED) is 0.569. The van der Waals surface area contributed by atoms with E-state index in [0.717, 1.165) is 13.0 Å². The molecule has 0 spiro atoms. The first kappa shape index (κ1) is 15.7. The van der Waals surface area contributed by atoms with Gasteiger partial charge in [0, 0.05) is 19.1 Å². The fraction of sp³-hybridized carbons (Fsp3) is 0.929. The van der Waals surface area contributed by atoms with Gasteiger partial charge in [0.2, 0.25) is 5.91 Å². The first-order chi connectivity index (χ1) is 8.30. The maximum Gasteiger partial charge on any atom is 0.222 e. The molecule has 1 saturated heterocycles. The van der Waals surface area contributed by atoms with Gasteiger partial charge in [-0.15, -0.1) is 0 Å². The van der Waals surface area contributed by atoms with E-state index in [1.165, 1.54) is 0 Å². The van der Waals surface area contributed by atoms with Gasteiger partial charge in [-0.3, -0.25) is 4.79 Å². The van der Waals surface area contributed by atoms with Crippen LogP contribution in [0.4, 0.5) is 0 Å². The largest absolute Gasteiger partial charge is 0.416 e. The van der Waals surface area contributed by atoms with Crippen molar-refractivity contribution in [3.05, 3.63) is 0 Å². The van der Waals surface area contributed by atoms with Crippen molar-refractivity contribution in [2.45, 2.75) is 77.0 Å². The second-order valence-corrected chi connectivity index (χ2v) is 11.9. The summed E-state index contributed by atoms with van der Waals surface area (Å²) < 4.78 is 6.44. The Kier molecular flexibility index (Phi) is 5.41. The van der Waals surface area contributed by atoms with E-state index in [-0.39, 0.29) is 5.91 Å². The fourth-order valence-electron chi connectivity index (χ4n) is 3.48. The van der Waals surface area contributed by atoms with Gasteiger partial charge in [-0.25, -0.2) is 0 Å². The summed E-state index contributed by atoms with van der Waals surface area (Å²) in [6.45, 7) is 14.6. The average molecular weight is 271 g/mol. The van der Waals surface area contributed by atoms with Crippen molar-refractivity contribution in [3.8, 4) is 0 Å². The molecule has 1 fully saturated rings. The molecule has 0 saturated carbocycles. The van der Waals surface area contributed by atoms with Gasteiger partial charge in [0.25, 0.3) is 0 Å². The van der Waals surface area contributed by atoms with Crippen LogP contribution in [0.5, 0.6) is 0 Å². The van der Waals surface area contributed by atoms with E-state index in [0.29, 0.717) is 29.1 Å². The van der Waals surface area contributed by atoms with Crippen LogP contribution in [0.25, 0.3) is 0 Å². The molecule has 1 amide bonds. The number of β-lactam (4-membered cyclic amide) rings is 1. The van der Waals surface area contributed by atoms with Crippen molar-refractivity contribution < 1.29 is 9.22 Å². The Bertz CT molecular complexity index is 260. The molecule has 0 aromatic heterocycles. The number of hydrogen-bond donors (Lipinski definition) is 1. The third-order valence-electron chi connectivity index (χ3n) is 4.32. The molecule has 18 heavy (non-hydrogen) atoms. The van der Waals surface area contributed by atoms with Crippen molar-refractivity contribution in [1.29, 1.82) is 0 Å². The Hall–Kier alpha value is -0.353. The van der Waals surface area contributed by atoms with E-state index >= 15 is 0 Å². The number of carbonyl (C=O) groups is 1. The lowest BCUT2D eigenvalue weighted by Crippen LogP contribution is -2.51. The van der Waals surface area contributed by atoms with E-state index < -0.39 is 8.32 Å². The van der Waals surface area contributed by atoms with Gasteiger partial charge in [0.05, 0.1) is 0 Å². The molecule has 3 nitrogen and oxygen atoms in total.